The van der Waals surface area contributed by atoms with Crippen molar-refractivity contribution in [3.8, 4) is 0 Å². The van der Waals surface area contributed by atoms with Crippen molar-refractivity contribution < 1.29 is 0 Å². The van der Waals surface area contributed by atoms with Crippen molar-refractivity contribution in [1.82, 2.24) is 13.7 Å². The van der Waals surface area contributed by atoms with Gasteiger partial charge in [-0.3, -0.25) is 13.7 Å². The third-order valence-electron chi connectivity index (χ3n) is 1.71. The number of hydrogen-bond acceptors (Lipinski definition) is 3. The molecule has 5 heteroatoms. The normalized spacial score (nSPS) is 13.6. The predicted molar refractivity (Wildman–Crippen MR) is 55.7 cm³/mol. The lowest BCUT2D eigenvalue weighted by Gasteiger charge is -2.41. The van der Waals surface area contributed by atoms with Crippen LogP contribution >= 0.6 is 15.3 Å². The Morgan fingerprint density at radius 3 is 0.909 bits per heavy atom. The highest BCUT2D eigenvalue weighted by Crippen LogP contribution is 2.18. The summed E-state index contributed by atoms with van der Waals surface area (Å²) in [6.07, 6.45) is 0. The third-order valence-corrected chi connectivity index (χ3v) is 11.5. The van der Waals surface area contributed by atoms with E-state index in [9.17, 15) is 0 Å². The lowest BCUT2D eigenvalue weighted by molar-refractivity contribution is 0.412. The average Bonchev–Trinajstić information content (AvgIpc) is 1.84. The molecule has 0 unspecified atom stereocenters. The topological polar surface area (TPSA) is 9.72 Å². The van der Waals surface area contributed by atoms with Gasteiger partial charge in [-0.1, -0.05) is 15.3 Å². The summed E-state index contributed by atoms with van der Waals surface area (Å²) in [5.41, 5.74) is 0. The zero-order valence-electron chi connectivity index (χ0n) is 8.22. The van der Waals surface area contributed by atoms with E-state index in [2.05, 4.69) is 71.3 Å². The zero-order valence-corrected chi connectivity index (χ0v) is 10.8. The van der Waals surface area contributed by atoms with Gasteiger partial charge in [0, 0.05) is 0 Å². The zero-order chi connectivity index (χ0) is 9.23. The molecular weight excluding hydrogens is 222 g/mol. The lowest BCUT2D eigenvalue weighted by Crippen LogP contribution is -2.65. The first-order valence-corrected chi connectivity index (χ1v) is 7.64. The van der Waals surface area contributed by atoms with Crippen LogP contribution in [0, 0.1) is 0 Å². The van der Waals surface area contributed by atoms with Crippen LogP contribution in [0.4, 0.5) is 0 Å². The number of rotatable bonds is 3. The van der Waals surface area contributed by atoms with Crippen LogP contribution in [0.15, 0.2) is 0 Å². The van der Waals surface area contributed by atoms with Crippen molar-refractivity contribution in [3.63, 3.8) is 0 Å². The minimum atomic E-state index is -1.67. The van der Waals surface area contributed by atoms with Gasteiger partial charge in [-0.05, 0) is 42.3 Å². The van der Waals surface area contributed by atoms with E-state index >= 15 is 0 Å². The van der Waals surface area contributed by atoms with Crippen LogP contribution in [0.25, 0.3) is 0 Å². The van der Waals surface area contributed by atoms with Gasteiger partial charge < -0.3 is 0 Å². The fraction of sp³-hybridized carbons (Fsp3) is 1.00. The first kappa shape index (κ1) is 11.6. The van der Waals surface area contributed by atoms with Crippen molar-refractivity contribution in [2.45, 2.75) is 0 Å². The molecule has 0 saturated carbocycles. The van der Waals surface area contributed by atoms with E-state index in [1.165, 1.54) is 0 Å². The van der Waals surface area contributed by atoms with Gasteiger partial charge in [0.2, 0.25) is 0 Å². The number of hydrogen-bond donors (Lipinski definition) is 0. The molecule has 0 aliphatic carbocycles. The maximum Gasteiger partial charge on any atom is 0.363 e. The van der Waals surface area contributed by atoms with Gasteiger partial charge in [-0.2, -0.15) is 0 Å². The molecule has 0 spiro atoms. The Labute approximate surface area is 78.8 Å². The average molecular weight is 240 g/mol. The molecule has 0 N–H and O–H groups in total. The van der Waals surface area contributed by atoms with E-state index in [-0.39, 0.29) is 0 Å². The van der Waals surface area contributed by atoms with Crippen molar-refractivity contribution >= 4 is 22.5 Å². The fourth-order valence-corrected chi connectivity index (χ4v) is 3.60. The molecule has 0 aromatic heterocycles. The molecule has 0 saturated heterocycles. The fourth-order valence-electron chi connectivity index (χ4n) is 1.20. The summed E-state index contributed by atoms with van der Waals surface area (Å²) < 4.78 is 6.73. The molecule has 0 fully saturated rings. The quantitative estimate of drug-likeness (QED) is 0.525. The number of halogens is 1. The van der Waals surface area contributed by atoms with E-state index in [1.807, 2.05) is 0 Å². The molecule has 11 heavy (non-hydrogen) atoms. The molecule has 0 amide bonds. The van der Waals surface area contributed by atoms with Gasteiger partial charge in [0.1, 0.15) is 0 Å². The maximum atomic E-state index is 3.80. The van der Waals surface area contributed by atoms with Crippen molar-refractivity contribution in [2.75, 3.05) is 42.3 Å². The maximum absolute atomic E-state index is 3.80. The smallest absolute Gasteiger partial charge is 0.296 e. The molecule has 0 aliphatic heterocycles. The SMILES string of the molecule is CN(C)[Si](Br)(N(C)C)N(C)C. The summed E-state index contributed by atoms with van der Waals surface area (Å²) in [5.74, 6) is 0. The molecule has 0 aromatic rings. The molecule has 0 aliphatic rings. The molecule has 0 aromatic carbocycles. The van der Waals surface area contributed by atoms with Crippen LogP contribution in [0.3, 0.4) is 0 Å². The summed E-state index contributed by atoms with van der Waals surface area (Å²) >= 11 is 3.80. The van der Waals surface area contributed by atoms with Crippen LogP contribution in [-0.4, -0.2) is 63.2 Å². The van der Waals surface area contributed by atoms with E-state index < -0.39 is 7.18 Å². The first-order chi connectivity index (χ1) is 4.83. The summed E-state index contributed by atoms with van der Waals surface area (Å²) in [6, 6.07) is 0. The highest BCUT2D eigenvalue weighted by atomic mass is 79.9. The van der Waals surface area contributed by atoms with Crippen LogP contribution in [0.2, 0.25) is 0 Å². The Morgan fingerprint density at radius 2 is 0.909 bits per heavy atom. The Bertz CT molecular complexity index is 105. The molecular formula is C6H18BrN3Si. The minimum absolute atomic E-state index is 1.67. The van der Waals surface area contributed by atoms with Gasteiger partial charge in [-0.25, -0.2) is 0 Å². The molecule has 0 atom stereocenters. The highest BCUT2D eigenvalue weighted by Gasteiger charge is 2.39. The molecule has 0 heterocycles. The Kier molecular flexibility index (Phi) is 4.21. The van der Waals surface area contributed by atoms with E-state index in [1.54, 1.807) is 0 Å². The summed E-state index contributed by atoms with van der Waals surface area (Å²) in [5, 5.41) is 0. The van der Waals surface area contributed by atoms with Gasteiger partial charge in [0.25, 0.3) is 0 Å². The van der Waals surface area contributed by atoms with E-state index in [0.29, 0.717) is 0 Å². The Morgan fingerprint density at radius 1 is 0.727 bits per heavy atom. The second-order valence-corrected chi connectivity index (χ2v) is 10.2. The standard InChI is InChI=1S/C6H18BrN3Si/c1-8(2)11(7,9(3)4)10(5)6/h1-6H3. The second-order valence-electron chi connectivity index (χ2n) is 3.24. The predicted octanol–water partition coefficient (Wildman–Crippen LogP) is 0.502. The summed E-state index contributed by atoms with van der Waals surface area (Å²) in [4.78, 5) is 0. The first-order valence-electron chi connectivity index (χ1n) is 3.54. The molecule has 0 radical (unpaired) electrons. The van der Waals surface area contributed by atoms with Crippen LogP contribution in [0.1, 0.15) is 0 Å². The third kappa shape index (κ3) is 2.25. The Balaban J connectivity index is 4.53. The molecule has 0 rings (SSSR count). The highest BCUT2D eigenvalue weighted by molar-refractivity contribution is 9.25. The van der Waals surface area contributed by atoms with Gasteiger partial charge >= 0.3 is 7.18 Å². The molecule has 0 bridgehead atoms. The van der Waals surface area contributed by atoms with Crippen LogP contribution in [-0.2, 0) is 0 Å². The number of nitrogens with zero attached hydrogens (tertiary/aromatic N) is 3. The van der Waals surface area contributed by atoms with Crippen molar-refractivity contribution in [1.29, 1.82) is 0 Å². The Hall–Kier alpha value is 0.577. The van der Waals surface area contributed by atoms with Gasteiger partial charge in [-0.15, -0.1) is 0 Å². The van der Waals surface area contributed by atoms with Crippen LogP contribution < -0.4 is 0 Å². The van der Waals surface area contributed by atoms with Gasteiger partial charge in [0.05, 0.1) is 0 Å². The largest absolute Gasteiger partial charge is 0.363 e. The summed E-state index contributed by atoms with van der Waals surface area (Å²) in [6.45, 7) is 0. The minimum Gasteiger partial charge on any atom is -0.296 e. The van der Waals surface area contributed by atoms with E-state index in [4.69, 9.17) is 0 Å². The lowest BCUT2D eigenvalue weighted by atomic mass is 11.2. The molecule has 3 nitrogen and oxygen atoms in total. The second kappa shape index (κ2) is 4.00. The van der Waals surface area contributed by atoms with Crippen molar-refractivity contribution in [2.24, 2.45) is 0 Å². The summed E-state index contributed by atoms with van der Waals surface area (Å²) in [7, 11) is 10.9. The van der Waals surface area contributed by atoms with Crippen LogP contribution in [0.5, 0.6) is 0 Å². The van der Waals surface area contributed by atoms with E-state index in [0.717, 1.165) is 0 Å². The van der Waals surface area contributed by atoms with Crippen molar-refractivity contribution in [3.05, 3.63) is 0 Å². The molecule has 68 valence electrons. The monoisotopic (exact) mass is 239 g/mol. The van der Waals surface area contributed by atoms with Gasteiger partial charge in [0.15, 0.2) is 0 Å².